The molecule has 1 unspecified atom stereocenters. The molecular weight excluding hydrogens is 176 g/mol. The number of nitrogens with zero attached hydrogens (tertiary/aromatic N) is 2. The lowest BCUT2D eigenvalue weighted by atomic mass is 10.1. The predicted octanol–water partition coefficient (Wildman–Crippen LogP) is 0.949. The molecule has 0 aromatic rings. The van der Waals surface area contributed by atoms with Gasteiger partial charge in [-0.25, -0.2) is 0 Å². The molecule has 2 heterocycles. The molecule has 2 rings (SSSR count). The first-order chi connectivity index (χ1) is 6.68. The van der Waals surface area contributed by atoms with Gasteiger partial charge in [0.15, 0.2) is 0 Å². The van der Waals surface area contributed by atoms with Gasteiger partial charge in [0.05, 0.1) is 0 Å². The molecule has 0 aromatic heterocycles. The van der Waals surface area contributed by atoms with Crippen LogP contribution in [0.4, 0.5) is 0 Å². The van der Waals surface area contributed by atoms with Crippen LogP contribution in [0.15, 0.2) is 0 Å². The molecule has 0 bridgehead atoms. The third-order valence-electron chi connectivity index (χ3n) is 3.39. The lowest BCUT2D eigenvalue weighted by Crippen LogP contribution is -2.52. The van der Waals surface area contributed by atoms with Gasteiger partial charge in [0, 0.05) is 31.6 Å². The third kappa shape index (κ3) is 1.78. The lowest BCUT2D eigenvalue weighted by molar-refractivity contribution is -0.137. The van der Waals surface area contributed by atoms with Gasteiger partial charge in [-0.05, 0) is 19.4 Å². The number of fused-ring (bicyclic) bond motifs is 1. The van der Waals surface area contributed by atoms with Crippen molar-refractivity contribution >= 4 is 5.91 Å². The number of carbonyl (C=O) groups is 1. The smallest absolute Gasteiger partial charge is 0.225 e. The van der Waals surface area contributed by atoms with Crippen molar-refractivity contribution in [1.29, 1.82) is 0 Å². The summed E-state index contributed by atoms with van der Waals surface area (Å²) in [6, 6.07) is 0.659. The molecule has 2 aliphatic rings. The van der Waals surface area contributed by atoms with Crippen LogP contribution in [0.5, 0.6) is 0 Å². The molecule has 0 saturated carbocycles. The van der Waals surface area contributed by atoms with Crippen LogP contribution < -0.4 is 0 Å². The summed E-state index contributed by atoms with van der Waals surface area (Å²) in [5, 5.41) is 0. The van der Waals surface area contributed by atoms with Crippen LogP contribution in [0.1, 0.15) is 26.7 Å². The Morgan fingerprint density at radius 3 is 2.79 bits per heavy atom. The molecule has 3 nitrogen and oxygen atoms in total. The first kappa shape index (κ1) is 9.97. The number of rotatable bonds is 1. The van der Waals surface area contributed by atoms with Crippen molar-refractivity contribution < 1.29 is 4.79 Å². The van der Waals surface area contributed by atoms with Crippen LogP contribution >= 0.6 is 0 Å². The van der Waals surface area contributed by atoms with E-state index in [0.29, 0.717) is 11.9 Å². The SMILES string of the molecule is CC(C)C(=O)N1CCN2CCCC2C1. The summed E-state index contributed by atoms with van der Waals surface area (Å²) in [4.78, 5) is 16.4. The normalized spacial score (nSPS) is 28.2. The van der Waals surface area contributed by atoms with Gasteiger partial charge in [-0.2, -0.15) is 0 Å². The molecule has 0 radical (unpaired) electrons. The quantitative estimate of drug-likeness (QED) is 0.623. The van der Waals surface area contributed by atoms with Gasteiger partial charge in [0.2, 0.25) is 5.91 Å². The molecule has 3 heteroatoms. The topological polar surface area (TPSA) is 23.6 Å². The van der Waals surface area contributed by atoms with E-state index in [2.05, 4.69) is 9.80 Å². The van der Waals surface area contributed by atoms with Crippen molar-refractivity contribution in [2.24, 2.45) is 5.92 Å². The molecule has 80 valence electrons. The average molecular weight is 196 g/mol. The van der Waals surface area contributed by atoms with E-state index in [1.165, 1.54) is 19.4 Å². The van der Waals surface area contributed by atoms with Gasteiger partial charge < -0.3 is 4.90 Å². The number of amides is 1. The van der Waals surface area contributed by atoms with Crippen LogP contribution in [-0.4, -0.2) is 47.9 Å². The van der Waals surface area contributed by atoms with Gasteiger partial charge in [-0.15, -0.1) is 0 Å². The van der Waals surface area contributed by atoms with Gasteiger partial charge in [-0.1, -0.05) is 13.8 Å². The van der Waals surface area contributed by atoms with Crippen molar-refractivity contribution in [3.8, 4) is 0 Å². The summed E-state index contributed by atoms with van der Waals surface area (Å²) in [6.45, 7) is 8.22. The Kier molecular flexibility index (Phi) is 2.77. The predicted molar refractivity (Wildman–Crippen MR) is 56.0 cm³/mol. The second kappa shape index (κ2) is 3.89. The summed E-state index contributed by atoms with van der Waals surface area (Å²) in [5.74, 6) is 0.486. The van der Waals surface area contributed by atoms with Crippen molar-refractivity contribution in [3.63, 3.8) is 0 Å². The summed E-state index contributed by atoms with van der Waals surface area (Å²) >= 11 is 0. The molecule has 2 saturated heterocycles. The first-order valence-corrected chi connectivity index (χ1v) is 5.71. The van der Waals surface area contributed by atoms with E-state index in [4.69, 9.17) is 0 Å². The minimum Gasteiger partial charge on any atom is -0.340 e. The molecule has 0 aromatic carbocycles. The minimum atomic E-state index is 0.156. The molecule has 2 fully saturated rings. The van der Waals surface area contributed by atoms with Crippen molar-refractivity contribution in [2.75, 3.05) is 26.2 Å². The maximum Gasteiger partial charge on any atom is 0.225 e. The summed E-state index contributed by atoms with van der Waals surface area (Å²) in [6.07, 6.45) is 2.59. The fraction of sp³-hybridized carbons (Fsp3) is 0.909. The standard InChI is InChI=1S/C11H20N2O/c1-9(2)11(14)13-7-6-12-5-3-4-10(12)8-13/h9-10H,3-8H2,1-2H3. The van der Waals surface area contributed by atoms with Crippen molar-refractivity contribution in [1.82, 2.24) is 9.80 Å². The van der Waals surface area contributed by atoms with Gasteiger partial charge in [0.1, 0.15) is 0 Å². The number of carbonyl (C=O) groups excluding carboxylic acids is 1. The summed E-state index contributed by atoms with van der Waals surface area (Å²) in [7, 11) is 0. The van der Waals surface area contributed by atoms with Gasteiger partial charge >= 0.3 is 0 Å². The second-order valence-corrected chi connectivity index (χ2v) is 4.77. The van der Waals surface area contributed by atoms with E-state index >= 15 is 0 Å². The van der Waals surface area contributed by atoms with E-state index in [1.54, 1.807) is 0 Å². The fourth-order valence-electron chi connectivity index (χ4n) is 2.56. The molecule has 1 amide bonds. The maximum atomic E-state index is 11.8. The van der Waals surface area contributed by atoms with E-state index in [-0.39, 0.29) is 5.92 Å². The van der Waals surface area contributed by atoms with Gasteiger partial charge in [0.25, 0.3) is 0 Å². The van der Waals surface area contributed by atoms with Gasteiger partial charge in [-0.3, -0.25) is 9.69 Å². The van der Waals surface area contributed by atoms with Crippen molar-refractivity contribution in [2.45, 2.75) is 32.7 Å². The van der Waals surface area contributed by atoms with E-state index in [1.807, 2.05) is 13.8 Å². The summed E-state index contributed by atoms with van der Waals surface area (Å²) < 4.78 is 0. The highest BCUT2D eigenvalue weighted by atomic mass is 16.2. The highest BCUT2D eigenvalue weighted by molar-refractivity contribution is 5.78. The van der Waals surface area contributed by atoms with Crippen molar-refractivity contribution in [3.05, 3.63) is 0 Å². The summed E-state index contributed by atoms with van der Waals surface area (Å²) in [5.41, 5.74) is 0. The van der Waals surface area contributed by atoms with Crippen LogP contribution in [0.2, 0.25) is 0 Å². The number of piperazine rings is 1. The van der Waals surface area contributed by atoms with Crippen LogP contribution in [0.25, 0.3) is 0 Å². The Morgan fingerprint density at radius 1 is 1.29 bits per heavy atom. The Bertz CT molecular complexity index is 227. The molecule has 0 aliphatic carbocycles. The van der Waals surface area contributed by atoms with E-state index in [0.717, 1.165) is 19.6 Å². The average Bonchev–Trinajstić information content (AvgIpc) is 2.62. The monoisotopic (exact) mass is 196 g/mol. The Labute approximate surface area is 86.1 Å². The largest absolute Gasteiger partial charge is 0.340 e. The Balaban J connectivity index is 1.94. The lowest BCUT2D eigenvalue weighted by Gasteiger charge is -2.38. The van der Waals surface area contributed by atoms with Crippen LogP contribution in [0.3, 0.4) is 0 Å². The molecule has 0 spiro atoms. The second-order valence-electron chi connectivity index (χ2n) is 4.77. The Hall–Kier alpha value is -0.570. The fourth-order valence-corrected chi connectivity index (χ4v) is 2.56. The molecule has 1 atom stereocenters. The van der Waals surface area contributed by atoms with E-state index < -0.39 is 0 Å². The zero-order valence-electron chi connectivity index (χ0n) is 9.20. The third-order valence-corrected chi connectivity index (χ3v) is 3.39. The highest BCUT2D eigenvalue weighted by Gasteiger charge is 2.32. The zero-order valence-corrected chi connectivity index (χ0v) is 9.20. The zero-order chi connectivity index (χ0) is 10.1. The van der Waals surface area contributed by atoms with Crippen LogP contribution in [-0.2, 0) is 4.79 Å². The van der Waals surface area contributed by atoms with E-state index in [9.17, 15) is 4.79 Å². The molecular formula is C11H20N2O. The Morgan fingerprint density at radius 2 is 2.07 bits per heavy atom. The highest BCUT2D eigenvalue weighted by Crippen LogP contribution is 2.22. The first-order valence-electron chi connectivity index (χ1n) is 5.71. The number of hydrogen-bond donors (Lipinski definition) is 0. The molecule has 14 heavy (non-hydrogen) atoms. The van der Waals surface area contributed by atoms with Crippen LogP contribution in [0, 0.1) is 5.92 Å². The molecule has 0 N–H and O–H groups in total. The molecule has 2 aliphatic heterocycles. The minimum absolute atomic E-state index is 0.156. The number of hydrogen-bond acceptors (Lipinski definition) is 2. The maximum absolute atomic E-state index is 11.8.